The summed E-state index contributed by atoms with van der Waals surface area (Å²) in [6.45, 7) is 5.75. The van der Waals surface area contributed by atoms with E-state index in [4.69, 9.17) is 10.5 Å². The van der Waals surface area contributed by atoms with E-state index in [1.165, 1.54) is 24.3 Å². The fourth-order valence-corrected chi connectivity index (χ4v) is 3.31. The van der Waals surface area contributed by atoms with Crippen molar-refractivity contribution in [2.45, 2.75) is 24.3 Å². The topological polar surface area (TPSA) is 102 Å². The first kappa shape index (κ1) is 17.9. The van der Waals surface area contributed by atoms with Crippen molar-refractivity contribution in [3.05, 3.63) is 29.8 Å². The number of carbonyl (C=O) groups excluding carboxylic acids is 1. The van der Waals surface area contributed by atoms with Gasteiger partial charge in [0.15, 0.2) is 0 Å². The Hall–Kier alpha value is -1.48. The zero-order valence-corrected chi connectivity index (χ0v) is 14.2. The normalized spacial score (nSPS) is 16.4. The van der Waals surface area contributed by atoms with Gasteiger partial charge in [0.2, 0.25) is 10.0 Å². The van der Waals surface area contributed by atoms with Crippen LogP contribution in [0.25, 0.3) is 0 Å². The van der Waals surface area contributed by atoms with E-state index >= 15 is 0 Å². The molecule has 0 saturated carbocycles. The lowest BCUT2D eigenvalue weighted by atomic mass is 10.1. The van der Waals surface area contributed by atoms with Crippen molar-refractivity contribution in [1.82, 2.24) is 9.62 Å². The number of sulfonamides is 1. The van der Waals surface area contributed by atoms with Crippen LogP contribution in [0.4, 0.5) is 0 Å². The Morgan fingerprint density at radius 1 is 1.26 bits per heavy atom. The molecule has 1 heterocycles. The first-order chi connectivity index (χ1) is 10.7. The molecule has 2 rings (SSSR count). The minimum Gasteiger partial charge on any atom is -0.378 e. The van der Waals surface area contributed by atoms with Crippen molar-refractivity contribution < 1.29 is 17.9 Å². The van der Waals surface area contributed by atoms with Crippen molar-refractivity contribution >= 4 is 15.9 Å². The van der Waals surface area contributed by atoms with Gasteiger partial charge in [0, 0.05) is 30.7 Å². The van der Waals surface area contributed by atoms with Crippen LogP contribution in [0, 0.1) is 0 Å². The van der Waals surface area contributed by atoms with Crippen molar-refractivity contribution in [2.75, 3.05) is 32.8 Å². The third kappa shape index (κ3) is 5.00. The predicted molar refractivity (Wildman–Crippen MR) is 86.6 cm³/mol. The van der Waals surface area contributed by atoms with Crippen LogP contribution in [-0.2, 0) is 14.8 Å². The molecule has 7 nitrogen and oxygen atoms in total. The summed E-state index contributed by atoms with van der Waals surface area (Å²) in [5.74, 6) is -0.117. The van der Waals surface area contributed by atoms with E-state index in [9.17, 15) is 13.2 Å². The number of nitrogens with zero attached hydrogens (tertiary/aromatic N) is 1. The van der Waals surface area contributed by atoms with Crippen LogP contribution in [0.5, 0.6) is 0 Å². The van der Waals surface area contributed by atoms with Crippen LogP contribution in [0.1, 0.15) is 24.2 Å². The smallest absolute Gasteiger partial charge is 0.254 e. The maximum Gasteiger partial charge on any atom is 0.254 e. The molecule has 0 aromatic heterocycles. The molecule has 23 heavy (non-hydrogen) atoms. The summed E-state index contributed by atoms with van der Waals surface area (Å²) < 4.78 is 32.0. The highest BCUT2D eigenvalue weighted by atomic mass is 32.2. The number of carbonyl (C=O) groups is 1. The van der Waals surface area contributed by atoms with Crippen LogP contribution in [0.15, 0.2) is 29.2 Å². The summed E-state index contributed by atoms with van der Waals surface area (Å²) in [4.78, 5) is 14.1. The van der Waals surface area contributed by atoms with Gasteiger partial charge in [0.25, 0.3) is 5.91 Å². The number of nitrogens with two attached hydrogens (primary N) is 1. The Balaban J connectivity index is 2.07. The Bertz CT molecular complexity index is 644. The number of hydrogen-bond acceptors (Lipinski definition) is 5. The number of benzene rings is 1. The van der Waals surface area contributed by atoms with Crippen molar-refractivity contribution in [1.29, 1.82) is 0 Å². The van der Waals surface area contributed by atoms with Crippen LogP contribution in [0.2, 0.25) is 0 Å². The van der Waals surface area contributed by atoms with E-state index in [0.717, 1.165) is 0 Å². The first-order valence-electron chi connectivity index (χ1n) is 7.45. The molecule has 1 saturated heterocycles. The molecule has 1 aliphatic rings. The molecular weight excluding hydrogens is 318 g/mol. The van der Waals surface area contributed by atoms with E-state index < -0.39 is 15.6 Å². The average Bonchev–Trinajstić information content (AvgIpc) is 2.53. The number of hydrogen-bond donors (Lipinski definition) is 2. The molecule has 0 spiro atoms. The molecule has 1 aliphatic heterocycles. The molecule has 1 amide bonds. The number of morpholine rings is 1. The van der Waals surface area contributed by atoms with Gasteiger partial charge >= 0.3 is 0 Å². The van der Waals surface area contributed by atoms with Crippen LogP contribution >= 0.6 is 0 Å². The lowest BCUT2D eigenvalue weighted by Crippen LogP contribution is -2.45. The molecule has 1 fully saturated rings. The highest BCUT2D eigenvalue weighted by Crippen LogP contribution is 2.13. The van der Waals surface area contributed by atoms with Gasteiger partial charge in [0.05, 0.1) is 18.1 Å². The van der Waals surface area contributed by atoms with Gasteiger partial charge in [-0.25, -0.2) is 13.1 Å². The summed E-state index contributed by atoms with van der Waals surface area (Å²) in [6, 6.07) is 5.92. The molecule has 0 radical (unpaired) electrons. The van der Waals surface area contributed by atoms with Crippen molar-refractivity contribution in [3.63, 3.8) is 0 Å². The highest BCUT2D eigenvalue weighted by molar-refractivity contribution is 7.89. The van der Waals surface area contributed by atoms with Crippen molar-refractivity contribution in [3.8, 4) is 0 Å². The molecule has 8 heteroatoms. The van der Waals surface area contributed by atoms with Gasteiger partial charge < -0.3 is 15.4 Å². The maximum absolute atomic E-state index is 12.3. The fraction of sp³-hybridized carbons (Fsp3) is 0.533. The third-order valence-electron chi connectivity index (χ3n) is 3.43. The lowest BCUT2D eigenvalue weighted by molar-refractivity contribution is 0.0303. The molecule has 0 aliphatic carbocycles. The number of rotatable bonds is 5. The molecule has 1 aromatic carbocycles. The van der Waals surface area contributed by atoms with Crippen LogP contribution in [0.3, 0.4) is 0 Å². The second kappa shape index (κ2) is 6.96. The van der Waals surface area contributed by atoms with Gasteiger partial charge in [-0.2, -0.15) is 0 Å². The number of nitrogens with one attached hydrogen (secondary N) is 1. The SMILES string of the molecule is CC(C)(N)CNS(=O)(=O)c1ccc(C(=O)N2CCOCC2)cc1. The molecule has 0 unspecified atom stereocenters. The Kier molecular flexibility index (Phi) is 5.41. The molecule has 0 bridgehead atoms. The van der Waals surface area contributed by atoms with Crippen LogP contribution in [-0.4, -0.2) is 57.6 Å². The van der Waals surface area contributed by atoms with Gasteiger partial charge in [-0.15, -0.1) is 0 Å². The zero-order valence-electron chi connectivity index (χ0n) is 13.4. The third-order valence-corrected chi connectivity index (χ3v) is 4.84. The average molecular weight is 341 g/mol. The summed E-state index contributed by atoms with van der Waals surface area (Å²) in [5, 5.41) is 0. The summed E-state index contributed by atoms with van der Waals surface area (Å²) in [5.41, 5.74) is 5.60. The van der Waals surface area contributed by atoms with Gasteiger partial charge in [-0.3, -0.25) is 4.79 Å². The van der Waals surface area contributed by atoms with Crippen molar-refractivity contribution in [2.24, 2.45) is 5.73 Å². The second-order valence-electron chi connectivity index (χ2n) is 6.24. The second-order valence-corrected chi connectivity index (χ2v) is 8.01. The Morgan fingerprint density at radius 3 is 2.35 bits per heavy atom. The monoisotopic (exact) mass is 341 g/mol. The molecule has 1 aromatic rings. The zero-order chi connectivity index (χ0) is 17.1. The standard InChI is InChI=1S/C15H23N3O4S/c1-15(2,16)11-17-23(20,21)13-5-3-12(4-6-13)14(19)18-7-9-22-10-8-18/h3-6,17H,7-11,16H2,1-2H3. The summed E-state index contributed by atoms with van der Waals surface area (Å²) in [7, 11) is -3.64. The maximum atomic E-state index is 12.3. The highest BCUT2D eigenvalue weighted by Gasteiger charge is 2.21. The lowest BCUT2D eigenvalue weighted by Gasteiger charge is -2.26. The summed E-state index contributed by atoms with van der Waals surface area (Å²) in [6.07, 6.45) is 0. The van der Waals surface area contributed by atoms with Gasteiger partial charge in [-0.05, 0) is 38.1 Å². The van der Waals surface area contributed by atoms with E-state index in [2.05, 4.69) is 4.72 Å². The van der Waals surface area contributed by atoms with Crippen LogP contribution < -0.4 is 10.5 Å². The van der Waals surface area contributed by atoms with E-state index in [1.807, 2.05) is 0 Å². The van der Waals surface area contributed by atoms with Gasteiger partial charge in [0.1, 0.15) is 0 Å². The number of amides is 1. The summed E-state index contributed by atoms with van der Waals surface area (Å²) >= 11 is 0. The Morgan fingerprint density at radius 2 is 1.83 bits per heavy atom. The molecule has 128 valence electrons. The minimum atomic E-state index is -3.64. The van der Waals surface area contributed by atoms with E-state index in [-0.39, 0.29) is 17.3 Å². The van der Waals surface area contributed by atoms with E-state index in [1.54, 1.807) is 18.7 Å². The first-order valence-corrected chi connectivity index (χ1v) is 8.93. The minimum absolute atomic E-state index is 0.111. The quantitative estimate of drug-likeness (QED) is 0.795. The number of ether oxygens (including phenoxy) is 1. The van der Waals surface area contributed by atoms with Gasteiger partial charge in [-0.1, -0.05) is 0 Å². The van der Waals surface area contributed by atoms with E-state index in [0.29, 0.717) is 31.9 Å². The molecule has 0 atom stereocenters. The molecule has 3 N–H and O–H groups in total. The molecular formula is C15H23N3O4S. The fourth-order valence-electron chi connectivity index (χ4n) is 2.09. The largest absolute Gasteiger partial charge is 0.378 e. The Labute approximate surface area is 136 Å². The predicted octanol–water partition coefficient (Wildman–Crippen LogP) is 0.175.